The Morgan fingerprint density at radius 1 is 0.340 bits per heavy atom. The average Bonchev–Trinajstić information content (AvgIpc) is 1.69. The third kappa shape index (κ3) is 61.9. The quantitative estimate of drug-likeness (QED) is 0.0485. The van der Waals surface area contributed by atoms with Crippen molar-refractivity contribution in [3.63, 3.8) is 0 Å². The molecule has 0 aromatic heterocycles. The third-order valence-corrected chi connectivity index (χ3v) is 23.1. The molecule has 7 atom stereocenters. The van der Waals surface area contributed by atoms with Crippen LogP contribution in [0.15, 0.2) is 0 Å². The number of carbonyl (C=O) groups is 2. The molecular formula is C89H174O5. The molecule has 0 aromatic rings. The molecule has 0 aliphatic heterocycles. The maximum atomic E-state index is 12.9. The van der Waals surface area contributed by atoms with E-state index >= 15 is 0 Å². The lowest BCUT2D eigenvalue weighted by atomic mass is 9.91. The highest BCUT2D eigenvalue weighted by atomic mass is 16.6. The lowest BCUT2D eigenvalue weighted by molar-refractivity contribution is -0.160. The van der Waals surface area contributed by atoms with E-state index in [4.69, 9.17) is 9.47 Å². The smallest absolute Gasteiger partial charge is 0.312 e. The Hall–Kier alpha value is -1.10. The predicted octanol–water partition coefficient (Wildman–Crippen LogP) is 30.5. The summed E-state index contributed by atoms with van der Waals surface area (Å²) in [6.45, 7) is 10.8. The number of hydrogen-bond acceptors (Lipinski definition) is 5. The second-order valence-electron chi connectivity index (χ2n) is 32.0. The van der Waals surface area contributed by atoms with Crippen molar-refractivity contribution < 1.29 is 24.2 Å². The lowest BCUT2D eigenvalue weighted by Crippen LogP contribution is -2.33. The molecule has 1 aliphatic carbocycles. The monoisotopic (exact) mass is 1320 g/mol. The Labute approximate surface area is 591 Å². The molecule has 1 aliphatic rings. The summed E-state index contributed by atoms with van der Waals surface area (Å²) in [6, 6.07) is 0. The van der Waals surface area contributed by atoms with E-state index in [1.54, 1.807) is 0 Å². The second kappa shape index (κ2) is 73.1. The molecule has 0 aromatic carbocycles. The van der Waals surface area contributed by atoms with E-state index in [9.17, 15) is 14.7 Å². The van der Waals surface area contributed by atoms with Crippen LogP contribution in [0.2, 0.25) is 0 Å². The van der Waals surface area contributed by atoms with Crippen molar-refractivity contribution in [1.29, 1.82) is 0 Å². The highest BCUT2D eigenvalue weighted by molar-refractivity contribution is 5.74. The van der Waals surface area contributed by atoms with Crippen molar-refractivity contribution in [3.05, 3.63) is 0 Å². The molecule has 5 nitrogen and oxygen atoms in total. The number of rotatable bonds is 80. The standard InChI is InChI=1S/C89H174O5/c1-7-10-12-14-16-18-20-22-24-26-27-28-29-30-31-36-40-47-53-59-65-71-77-85(89(92)93-6)88(94-82(5)90)79-73-67-61-55-49-43-42-45-51-57-63-69-75-83(9-3)86-80-84(86)76-70-64-58-52-46-39-35-32-33-37-41-48-54-60-66-72-78-87(91)81(4)74-68-62-56-50-44-38-34-25-23-21-19-17-15-13-11-8-2/h81,83-88,91H,7-80H2,1-6H3/t81-,83?,84-,85+,86-,87-,88+/m0/s1. The van der Waals surface area contributed by atoms with Gasteiger partial charge in [0.25, 0.3) is 0 Å². The first kappa shape index (κ1) is 90.9. The zero-order valence-corrected chi connectivity index (χ0v) is 65.4. The zero-order chi connectivity index (χ0) is 67.9. The van der Waals surface area contributed by atoms with Gasteiger partial charge in [-0.1, -0.05) is 464 Å². The van der Waals surface area contributed by atoms with Gasteiger partial charge < -0.3 is 14.6 Å². The van der Waals surface area contributed by atoms with Gasteiger partial charge in [-0.3, -0.25) is 9.59 Å². The SMILES string of the molecule is CCCCCCCCCCCCCCCCCCCCCCCC[C@@H](C(=O)OC)[C@@H](CCCCCCCCCCCCCCC(CC)[C@@H]1C[C@@H]1CCCCCCCCCCCCCCCCCC[C@H](O)[C@@H](C)CCCCCCCCCCCCCCCCCC)OC(C)=O. The summed E-state index contributed by atoms with van der Waals surface area (Å²) in [5.41, 5.74) is 0. The first-order valence-electron chi connectivity index (χ1n) is 44.2. The number of esters is 2. The first-order valence-corrected chi connectivity index (χ1v) is 44.2. The Balaban J connectivity index is 1.90. The van der Waals surface area contributed by atoms with Gasteiger partial charge in [-0.15, -0.1) is 0 Å². The molecule has 0 radical (unpaired) electrons. The fourth-order valence-electron chi connectivity index (χ4n) is 16.3. The van der Waals surface area contributed by atoms with Gasteiger partial charge in [-0.25, -0.2) is 0 Å². The summed E-state index contributed by atoms with van der Waals surface area (Å²) in [5, 5.41) is 10.7. The Kier molecular flexibility index (Phi) is 70.7. The molecule has 1 rings (SSSR count). The summed E-state index contributed by atoms with van der Waals surface area (Å²) < 4.78 is 11.0. The number of aliphatic hydroxyl groups excluding tert-OH is 1. The Bertz CT molecular complexity index is 1500. The Morgan fingerprint density at radius 3 is 0.883 bits per heavy atom. The van der Waals surface area contributed by atoms with Crippen molar-refractivity contribution >= 4 is 11.9 Å². The predicted molar refractivity (Wildman–Crippen MR) is 415 cm³/mol. The van der Waals surface area contributed by atoms with E-state index in [2.05, 4.69) is 27.7 Å². The number of carbonyl (C=O) groups excluding carboxylic acids is 2. The number of methoxy groups -OCH3 is 1. The molecule has 0 spiro atoms. The molecule has 0 amide bonds. The van der Waals surface area contributed by atoms with Gasteiger partial charge in [0, 0.05) is 6.92 Å². The fraction of sp³-hybridized carbons (Fsp3) is 0.978. The van der Waals surface area contributed by atoms with E-state index < -0.39 is 0 Å². The van der Waals surface area contributed by atoms with Gasteiger partial charge in [-0.05, 0) is 62.2 Å². The number of unbranched alkanes of at least 4 members (excludes halogenated alkanes) is 62. The van der Waals surface area contributed by atoms with E-state index in [0.29, 0.717) is 5.92 Å². The van der Waals surface area contributed by atoms with Crippen LogP contribution in [-0.4, -0.2) is 36.4 Å². The largest absolute Gasteiger partial charge is 0.469 e. The van der Waals surface area contributed by atoms with Gasteiger partial charge in [0.2, 0.25) is 0 Å². The van der Waals surface area contributed by atoms with Crippen LogP contribution in [0.5, 0.6) is 0 Å². The molecule has 0 saturated heterocycles. The van der Waals surface area contributed by atoms with Crippen molar-refractivity contribution in [3.8, 4) is 0 Å². The van der Waals surface area contributed by atoms with Gasteiger partial charge in [0.15, 0.2) is 0 Å². The van der Waals surface area contributed by atoms with E-state index in [1.807, 2.05) is 0 Å². The fourth-order valence-corrected chi connectivity index (χ4v) is 16.3. The van der Waals surface area contributed by atoms with Crippen molar-refractivity contribution in [1.82, 2.24) is 0 Å². The van der Waals surface area contributed by atoms with Crippen LogP contribution in [0, 0.1) is 29.6 Å². The van der Waals surface area contributed by atoms with Gasteiger partial charge in [0.1, 0.15) is 6.10 Å². The maximum absolute atomic E-state index is 12.9. The Morgan fingerprint density at radius 2 is 0.596 bits per heavy atom. The lowest BCUT2D eigenvalue weighted by Gasteiger charge is -2.25. The number of ether oxygens (including phenoxy) is 2. The zero-order valence-electron chi connectivity index (χ0n) is 65.4. The van der Waals surface area contributed by atoms with Crippen LogP contribution in [0.25, 0.3) is 0 Å². The number of aliphatic hydroxyl groups is 1. The highest BCUT2D eigenvalue weighted by Gasteiger charge is 2.40. The first-order chi connectivity index (χ1) is 46.3. The van der Waals surface area contributed by atoms with Gasteiger partial charge in [-0.2, -0.15) is 0 Å². The minimum Gasteiger partial charge on any atom is -0.469 e. The molecule has 1 unspecified atom stereocenters. The minimum absolute atomic E-state index is 0.0830. The highest BCUT2D eigenvalue weighted by Crippen LogP contribution is 2.50. The topological polar surface area (TPSA) is 72.8 Å². The van der Waals surface area contributed by atoms with E-state index in [0.717, 1.165) is 62.7 Å². The summed E-state index contributed by atoms with van der Waals surface area (Å²) in [6.07, 6.45) is 101. The van der Waals surface area contributed by atoms with Crippen LogP contribution >= 0.6 is 0 Å². The molecule has 5 heteroatoms. The molecule has 560 valence electrons. The molecule has 94 heavy (non-hydrogen) atoms. The third-order valence-electron chi connectivity index (χ3n) is 23.1. The molecule has 0 bridgehead atoms. The van der Waals surface area contributed by atoms with Crippen LogP contribution in [0.3, 0.4) is 0 Å². The normalized spacial score (nSPS) is 15.6. The summed E-state index contributed by atoms with van der Waals surface area (Å²) in [7, 11) is 1.48. The molecule has 1 N–H and O–H groups in total. The van der Waals surface area contributed by atoms with Crippen molar-refractivity contribution in [2.75, 3.05) is 7.11 Å². The summed E-state index contributed by atoms with van der Waals surface area (Å²) in [5.74, 6) is 2.73. The van der Waals surface area contributed by atoms with E-state index in [-0.39, 0.29) is 30.1 Å². The van der Waals surface area contributed by atoms with Gasteiger partial charge >= 0.3 is 11.9 Å². The van der Waals surface area contributed by atoms with Crippen LogP contribution in [0.1, 0.15) is 510 Å². The van der Waals surface area contributed by atoms with Crippen molar-refractivity contribution in [2.24, 2.45) is 29.6 Å². The summed E-state index contributed by atoms with van der Waals surface area (Å²) >= 11 is 0. The maximum Gasteiger partial charge on any atom is 0.312 e. The minimum atomic E-state index is -0.364. The average molecular weight is 1320 g/mol. The summed E-state index contributed by atoms with van der Waals surface area (Å²) in [4.78, 5) is 25.1. The van der Waals surface area contributed by atoms with Crippen LogP contribution in [0.4, 0.5) is 0 Å². The molecule has 0 heterocycles. The van der Waals surface area contributed by atoms with E-state index in [1.165, 1.54) is 444 Å². The second-order valence-corrected chi connectivity index (χ2v) is 32.0. The van der Waals surface area contributed by atoms with Crippen LogP contribution < -0.4 is 0 Å². The van der Waals surface area contributed by atoms with Crippen LogP contribution in [-0.2, 0) is 19.1 Å². The molecule has 1 fully saturated rings. The number of hydrogen-bond donors (Lipinski definition) is 1. The molecule has 1 saturated carbocycles. The molecular weight excluding hydrogens is 1150 g/mol. The van der Waals surface area contributed by atoms with Crippen molar-refractivity contribution in [2.45, 2.75) is 522 Å². The van der Waals surface area contributed by atoms with Gasteiger partial charge in [0.05, 0.1) is 19.1 Å².